The lowest BCUT2D eigenvalue weighted by molar-refractivity contribution is -0.121. The summed E-state index contributed by atoms with van der Waals surface area (Å²) < 4.78 is 11.0. The minimum atomic E-state index is 0.0620. The van der Waals surface area contributed by atoms with Gasteiger partial charge in [0.1, 0.15) is 0 Å². The lowest BCUT2D eigenvalue weighted by atomic mass is 10.2. The number of hydrogen-bond acceptors (Lipinski definition) is 5. The lowest BCUT2D eigenvalue weighted by Crippen LogP contribution is -2.37. The normalized spacial score (nSPS) is 16.2. The third kappa shape index (κ3) is 6.23. The lowest BCUT2D eigenvalue weighted by Gasteiger charge is -2.17. The quantitative estimate of drug-likeness (QED) is 0.663. The highest BCUT2D eigenvalue weighted by atomic mass is 16.5. The Morgan fingerprint density at radius 1 is 1.24 bits per heavy atom. The molecule has 0 saturated carbocycles. The number of benzene rings is 2. The maximum atomic E-state index is 12.2. The first-order chi connectivity index (χ1) is 14.2. The first-order valence-electron chi connectivity index (χ1n) is 9.94. The number of carbonyl (C=O) groups excluding carboxylic acids is 1. The third-order valence-electron chi connectivity index (χ3n) is 4.98. The molecule has 0 aromatic heterocycles. The van der Waals surface area contributed by atoms with Gasteiger partial charge in [0.05, 0.1) is 25.3 Å². The van der Waals surface area contributed by atoms with Gasteiger partial charge in [0.2, 0.25) is 5.91 Å². The van der Waals surface area contributed by atoms with Gasteiger partial charge in [0.25, 0.3) is 0 Å². The summed E-state index contributed by atoms with van der Waals surface area (Å²) in [4.78, 5) is 14.6. The van der Waals surface area contributed by atoms with E-state index < -0.39 is 0 Å². The average Bonchev–Trinajstić information content (AvgIpc) is 3.18. The average molecular weight is 393 g/mol. The molecule has 0 spiro atoms. The zero-order valence-electron chi connectivity index (χ0n) is 16.8. The maximum Gasteiger partial charge on any atom is 0.220 e. The molecule has 1 N–H and O–H groups in total. The van der Waals surface area contributed by atoms with Crippen molar-refractivity contribution in [2.75, 3.05) is 26.8 Å². The van der Waals surface area contributed by atoms with E-state index in [1.807, 2.05) is 6.07 Å². The second kappa shape index (κ2) is 10.5. The van der Waals surface area contributed by atoms with Gasteiger partial charge in [-0.3, -0.25) is 9.69 Å². The summed E-state index contributed by atoms with van der Waals surface area (Å²) in [5.74, 6) is 1.17. The smallest absolute Gasteiger partial charge is 0.220 e. The van der Waals surface area contributed by atoms with Crippen LogP contribution in [0.5, 0.6) is 11.5 Å². The Balaban J connectivity index is 1.35. The molecule has 1 aliphatic heterocycles. The van der Waals surface area contributed by atoms with Crippen molar-refractivity contribution >= 4 is 5.91 Å². The number of rotatable bonds is 9. The molecule has 1 aliphatic rings. The molecule has 1 amide bonds. The van der Waals surface area contributed by atoms with Crippen LogP contribution in [0.15, 0.2) is 48.5 Å². The Morgan fingerprint density at radius 3 is 2.83 bits per heavy atom. The molecule has 0 aliphatic carbocycles. The Hall–Kier alpha value is -3.04. The van der Waals surface area contributed by atoms with Crippen molar-refractivity contribution in [3.63, 3.8) is 0 Å². The van der Waals surface area contributed by atoms with E-state index in [1.165, 1.54) is 5.56 Å². The minimum Gasteiger partial charge on any atom is -0.493 e. The maximum absolute atomic E-state index is 12.2. The van der Waals surface area contributed by atoms with Gasteiger partial charge in [-0.1, -0.05) is 30.3 Å². The molecular weight excluding hydrogens is 366 g/mol. The van der Waals surface area contributed by atoms with Crippen LogP contribution in [0, 0.1) is 11.3 Å². The van der Waals surface area contributed by atoms with Crippen LogP contribution < -0.4 is 14.8 Å². The molecule has 1 atom stereocenters. The third-order valence-corrected chi connectivity index (χ3v) is 4.98. The number of amides is 1. The summed E-state index contributed by atoms with van der Waals surface area (Å²) in [5.41, 5.74) is 1.82. The van der Waals surface area contributed by atoms with E-state index in [0.717, 1.165) is 26.1 Å². The molecule has 1 saturated heterocycles. The number of carbonyl (C=O) groups is 1. The summed E-state index contributed by atoms with van der Waals surface area (Å²) in [6.45, 7) is 3.23. The zero-order valence-corrected chi connectivity index (χ0v) is 16.8. The molecule has 3 rings (SSSR count). The van der Waals surface area contributed by atoms with E-state index in [9.17, 15) is 4.79 Å². The van der Waals surface area contributed by atoms with E-state index in [-0.39, 0.29) is 11.9 Å². The van der Waals surface area contributed by atoms with Gasteiger partial charge in [-0.2, -0.15) is 5.26 Å². The Kier molecular flexibility index (Phi) is 7.48. The van der Waals surface area contributed by atoms with Gasteiger partial charge < -0.3 is 14.8 Å². The molecule has 1 fully saturated rings. The first kappa shape index (κ1) is 20.7. The predicted octanol–water partition coefficient (Wildman–Crippen LogP) is 3.12. The monoisotopic (exact) mass is 393 g/mol. The summed E-state index contributed by atoms with van der Waals surface area (Å²) in [7, 11) is 1.54. The molecule has 0 bridgehead atoms. The summed E-state index contributed by atoms with van der Waals surface area (Å²) >= 11 is 0. The van der Waals surface area contributed by atoms with Crippen molar-refractivity contribution in [2.45, 2.75) is 31.8 Å². The first-order valence-corrected chi connectivity index (χ1v) is 9.94. The standard InChI is InChI=1S/C23H27N3O3/c1-28-22-14-19(15-24)9-10-21(22)29-13-5-8-23(27)25-20-11-12-26(17-20)16-18-6-3-2-4-7-18/h2-4,6-7,9-10,14,20H,5,8,11-13,16-17H2,1H3,(H,25,27). The topological polar surface area (TPSA) is 74.6 Å². The van der Waals surface area contributed by atoms with Crippen molar-refractivity contribution in [3.05, 3.63) is 59.7 Å². The van der Waals surface area contributed by atoms with Crippen LogP contribution in [0.25, 0.3) is 0 Å². The van der Waals surface area contributed by atoms with E-state index in [1.54, 1.807) is 25.3 Å². The molecule has 6 nitrogen and oxygen atoms in total. The van der Waals surface area contributed by atoms with E-state index >= 15 is 0 Å². The van der Waals surface area contributed by atoms with Gasteiger partial charge in [-0.15, -0.1) is 0 Å². The molecule has 2 aromatic rings. The fraction of sp³-hybridized carbons (Fsp3) is 0.391. The number of ether oxygens (including phenoxy) is 2. The second-order valence-corrected chi connectivity index (χ2v) is 7.20. The Morgan fingerprint density at radius 2 is 2.07 bits per heavy atom. The number of methoxy groups -OCH3 is 1. The van der Waals surface area contributed by atoms with Crippen LogP contribution >= 0.6 is 0 Å². The van der Waals surface area contributed by atoms with Crippen LogP contribution in [0.1, 0.15) is 30.4 Å². The van der Waals surface area contributed by atoms with Gasteiger partial charge in [-0.05, 0) is 30.5 Å². The molecule has 2 aromatic carbocycles. The molecule has 29 heavy (non-hydrogen) atoms. The van der Waals surface area contributed by atoms with Crippen molar-refractivity contribution in [2.24, 2.45) is 0 Å². The molecule has 0 radical (unpaired) electrons. The number of nitrogens with one attached hydrogen (secondary N) is 1. The number of nitrogens with zero attached hydrogens (tertiary/aromatic N) is 2. The zero-order chi connectivity index (χ0) is 20.5. The molecule has 1 heterocycles. The molecule has 152 valence electrons. The second-order valence-electron chi connectivity index (χ2n) is 7.20. The van der Waals surface area contributed by atoms with Gasteiger partial charge in [0.15, 0.2) is 11.5 Å². The number of hydrogen-bond donors (Lipinski definition) is 1. The summed E-state index contributed by atoms with van der Waals surface area (Å²) in [6, 6.07) is 17.7. The minimum absolute atomic E-state index is 0.0620. The summed E-state index contributed by atoms with van der Waals surface area (Å²) in [5, 5.41) is 12.1. The van der Waals surface area contributed by atoms with Gasteiger partial charge >= 0.3 is 0 Å². The van der Waals surface area contributed by atoms with Crippen molar-refractivity contribution in [1.82, 2.24) is 10.2 Å². The van der Waals surface area contributed by atoms with Crippen LogP contribution in [0.3, 0.4) is 0 Å². The molecule has 1 unspecified atom stereocenters. The van der Waals surface area contributed by atoms with Crippen LogP contribution in [0.4, 0.5) is 0 Å². The van der Waals surface area contributed by atoms with Gasteiger partial charge in [0, 0.05) is 38.2 Å². The van der Waals surface area contributed by atoms with E-state index in [0.29, 0.717) is 36.5 Å². The van der Waals surface area contributed by atoms with E-state index in [2.05, 4.69) is 40.6 Å². The van der Waals surface area contributed by atoms with Gasteiger partial charge in [-0.25, -0.2) is 0 Å². The Bertz CT molecular complexity index is 848. The predicted molar refractivity (Wildman–Crippen MR) is 111 cm³/mol. The highest BCUT2D eigenvalue weighted by molar-refractivity contribution is 5.76. The number of likely N-dealkylation sites (tertiary alicyclic amines) is 1. The fourth-order valence-electron chi connectivity index (χ4n) is 3.51. The SMILES string of the molecule is COc1cc(C#N)ccc1OCCCC(=O)NC1CCN(Cc2ccccc2)C1. The molecular formula is C23H27N3O3. The van der Waals surface area contributed by atoms with Crippen molar-refractivity contribution in [1.29, 1.82) is 5.26 Å². The van der Waals surface area contributed by atoms with E-state index in [4.69, 9.17) is 14.7 Å². The highest BCUT2D eigenvalue weighted by Gasteiger charge is 2.23. The van der Waals surface area contributed by atoms with Crippen LogP contribution in [-0.4, -0.2) is 43.7 Å². The highest BCUT2D eigenvalue weighted by Crippen LogP contribution is 2.28. The fourth-order valence-corrected chi connectivity index (χ4v) is 3.51. The Labute approximate surface area is 172 Å². The number of nitriles is 1. The van der Waals surface area contributed by atoms with Crippen molar-refractivity contribution in [3.8, 4) is 17.6 Å². The molecule has 6 heteroatoms. The summed E-state index contributed by atoms with van der Waals surface area (Å²) in [6.07, 6.45) is 2.03. The van der Waals surface area contributed by atoms with Crippen LogP contribution in [0.2, 0.25) is 0 Å². The van der Waals surface area contributed by atoms with Crippen molar-refractivity contribution < 1.29 is 14.3 Å². The van der Waals surface area contributed by atoms with Crippen LogP contribution in [-0.2, 0) is 11.3 Å². The largest absolute Gasteiger partial charge is 0.493 e.